The molecule has 4 nitrogen and oxygen atoms in total. The number of nitrogens with one attached hydrogen (secondary N) is 1. The Labute approximate surface area is 145 Å². The third-order valence-corrected chi connectivity index (χ3v) is 6.03. The molecule has 0 radical (unpaired) electrons. The molecule has 1 aliphatic carbocycles. The lowest BCUT2D eigenvalue weighted by molar-refractivity contribution is -0.124. The molecule has 1 saturated carbocycles. The highest BCUT2D eigenvalue weighted by molar-refractivity contribution is 7.15. The molecule has 3 rings (SSSR count). The Morgan fingerprint density at radius 3 is 2.58 bits per heavy atom. The number of anilines is 1. The van der Waals surface area contributed by atoms with Crippen LogP contribution in [0.2, 0.25) is 0 Å². The average molecular weight is 347 g/mol. The van der Waals surface area contributed by atoms with Gasteiger partial charge in [0.15, 0.2) is 0 Å². The van der Waals surface area contributed by atoms with Gasteiger partial charge in [-0.2, -0.15) is 0 Å². The molecular formula is C18H22FN3OS. The number of hydrogen-bond acceptors (Lipinski definition) is 4. The van der Waals surface area contributed by atoms with Gasteiger partial charge >= 0.3 is 0 Å². The summed E-state index contributed by atoms with van der Waals surface area (Å²) in [6, 6.07) is 6.56. The first-order valence-electron chi connectivity index (χ1n) is 8.50. The number of carbonyl (C=O) groups is 1. The van der Waals surface area contributed by atoms with Gasteiger partial charge in [0, 0.05) is 11.5 Å². The topological polar surface area (TPSA) is 54.9 Å². The SMILES string of the molecule is CCC(CC)c1nnc(NC(=O)C2(c3ccccc3F)CCC2)s1. The van der Waals surface area contributed by atoms with Crippen molar-refractivity contribution in [3.63, 3.8) is 0 Å². The molecule has 1 aromatic heterocycles. The van der Waals surface area contributed by atoms with Crippen LogP contribution >= 0.6 is 11.3 Å². The van der Waals surface area contributed by atoms with Crippen LogP contribution in [0.3, 0.4) is 0 Å². The molecule has 1 heterocycles. The van der Waals surface area contributed by atoms with E-state index in [1.54, 1.807) is 18.2 Å². The van der Waals surface area contributed by atoms with Gasteiger partial charge in [-0.05, 0) is 31.7 Å². The van der Waals surface area contributed by atoms with E-state index in [9.17, 15) is 9.18 Å². The van der Waals surface area contributed by atoms with Crippen molar-refractivity contribution in [1.29, 1.82) is 0 Å². The fraction of sp³-hybridized carbons (Fsp3) is 0.500. The van der Waals surface area contributed by atoms with Crippen LogP contribution < -0.4 is 5.32 Å². The lowest BCUT2D eigenvalue weighted by atomic mass is 9.63. The van der Waals surface area contributed by atoms with E-state index >= 15 is 0 Å². The fourth-order valence-electron chi connectivity index (χ4n) is 3.30. The zero-order valence-corrected chi connectivity index (χ0v) is 14.8. The number of halogens is 1. The first kappa shape index (κ1) is 17.0. The van der Waals surface area contributed by atoms with Gasteiger partial charge in [0.05, 0.1) is 5.41 Å². The molecule has 128 valence electrons. The molecule has 6 heteroatoms. The molecule has 0 saturated heterocycles. The van der Waals surface area contributed by atoms with E-state index in [0.29, 0.717) is 29.5 Å². The Bertz CT molecular complexity index is 723. The summed E-state index contributed by atoms with van der Waals surface area (Å²) >= 11 is 1.42. The zero-order chi connectivity index (χ0) is 17.2. The Morgan fingerprint density at radius 2 is 2.00 bits per heavy atom. The van der Waals surface area contributed by atoms with E-state index in [1.807, 2.05) is 0 Å². The highest BCUT2D eigenvalue weighted by atomic mass is 32.1. The van der Waals surface area contributed by atoms with Crippen molar-refractivity contribution < 1.29 is 9.18 Å². The van der Waals surface area contributed by atoms with Crippen molar-refractivity contribution >= 4 is 22.4 Å². The fourth-order valence-corrected chi connectivity index (χ4v) is 4.31. The quantitative estimate of drug-likeness (QED) is 0.828. The van der Waals surface area contributed by atoms with E-state index in [-0.39, 0.29) is 11.7 Å². The first-order chi connectivity index (χ1) is 11.6. The summed E-state index contributed by atoms with van der Waals surface area (Å²) in [4.78, 5) is 12.8. The van der Waals surface area contributed by atoms with Crippen LogP contribution in [0.1, 0.15) is 62.4 Å². The summed E-state index contributed by atoms with van der Waals surface area (Å²) in [6.45, 7) is 4.24. The third kappa shape index (κ3) is 2.95. The summed E-state index contributed by atoms with van der Waals surface area (Å²) < 4.78 is 14.2. The molecule has 1 N–H and O–H groups in total. The van der Waals surface area contributed by atoms with Crippen molar-refractivity contribution in [2.75, 3.05) is 5.32 Å². The number of amides is 1. The lowest BCUT2D eigenvalue weighted by Gasteiger charge is -2.40. The minimum atomic E-state index is -0.772. The van der Waals surface area contributed by atoms with Gasteiger partial charge in [-0.1, -0.05) is 49.8 Å². The Morgan fingerprint density at radius 1 is 1.29 bits per heavy atom. The van der Waals surface area contributed by atoms with Crippen LogP contribution in [-0.2, 0) is 10.2 Å². The van der Waals surface area contributed by atoms with Gasteiger partial charge in [0.2, 0.25) is 11.0 Å². The van der Waals surface area contributed by atoms with Crippen LogP contribution in [-0.4, -0.2) is 16.1 Å². The van der Waals surface area contributed by atoms with Crippen molar-refractivity contribution in [3.05, 3.63) is 40.7 Å². The van der Waals surface area contributed by atoms with Gasteiger partial charge < -0.3 is 0 Å². The lowest BCUT2D eigenvalue weighted by Crippen LogP contribution is -2.46. The predicted octanol–water partition coefficient (Wildman–Crippen LogP) is 4.64. The predicted molar refractivity (Wildman–Crippen MR) is 93.8 cm³/mol. The summed E-state index contributed by atoms with van der Waals surface area (Å²) in [7, 11) is 0. The van der Waals surface area contributed by atoms with Crippen LogP contribution in [0.5, 0.6) is 0 Å². The van der Waals surface area contributed by atoms with E-state index in [1.165, 1.54) is 17.4 Å². The molecular weight excluding hydrogens is 325 g/mol. The van der Waals surface area contributed by atoms with Crippen molar-refractivity contribution in [2.24, 2.45) is 0 Å². The second kappa shape index (κ2) is 6.97. The van der Waals surface area contributed by atoms with Crippen LogP contribution in [0.15, 0.2) is 24.3 Å². The molecule has 1 aliphatic rings. The summed E-state index contributed by atoms with van der Waals surface area (Å²) in [5.41, 5.74) is -0.287. The normalized spacial score (nSPS) is 16.0. The molecule has 0 aliphatic heterocycles. The number of carbonyl (C=O) groups excluding carboxylic acids is 1. The van der Waals surface area contributed by atoms with Gasteiger partial charge in [0.1, 0.15) is 10.8 Å². The number of aromatic nitrogens is 2. The standard InChI is InChI=1S/C18H22FN3OS/c1-3-12(4-2)15-21-22-17(24-15)20-16(23)18(10-7-11-18)13-8-5-6-9-14(13)19/h5-6,8-9,12H,3-4,7,10-11H2,1-2H3,(H,20,22,23). The molecule has 2 aromatic rings. The van der Waals surface area contributed by atoms with Crippen molar-refractivity contribution in [3.8, 4) is 0 Å². The van der Waals surface area contributed by atoms with Crippen molar-refractivity contribution in [1.82, 2.24) is 10.2 Å². The Hall–Kier alpha value is -1.82. The molecule has 0 bridgehead atoms. The number of nitrogens with zero attached hydrogens (tertiary/aromatic N) is 2. The van der Waals surface area contributed by atoms with Crippen LogP contribution in [0.4, 0.5) is 9.52 Å². The molecule has 0 atom stereocenters. The van der Waals surface area contributed by atoms with E-state index in [4.69, 9.17) is 0 Å². The molecule has 1 fully saturated rings. The number of hydrogen-bond donors (Lipinski definition) is 1. The minimum Gasteiger partial charge on any atom is -0.300 e. The Kier molecular flexibility index (Phi) is 4.94. The van der Waals surface area contributed by atoms with Gasteiger partial charge in [-0.25, -0.2) is 4.39 Å². The maximum atomic E-state index is 14.2. The van der Waals surface area contributed by atoms with E-state index in [2.05, 4.69) is 29.4 Å². The third-order valence-electron chi connectivity index (χ3n) is 5.03. The highest BCUT2D eigenvalue weighted by Crippen LogP contribution is 2.45. The molecule has 24 heavy (non-hydrogen) atoms. The average Bonchev–Trinajstić information content (AvgIpc) is 2.97. The summed E-state index contributed by atoms with van der Waals surface area (Å²) in [5, 5.41) is 12.6. The maximum Gasteiger partial charge on any atom is 0.236 e. The largest absolute Gasteiger partial charge is 0.300 e. The zero-order valence-electron chi connectivity index (χ0n) is 14.0. The number of benzene rings is 1. The number of rotatable bonds is 6. The monoisotopic (exact) mass is 347 g/mol. The van der Waals surface area contributed by atoms with Crippen LogP contribution in [0, 0.1) is 5.82 Å². The minimum absolute atomic E-state index is 0.175. The van der Waals surface area contributed by atoms with Gasteiger partial charge in [-0.15, -0.1) is 10.2 Å². The van der Waals surface area contributed by atoms with E-state index in [0.717, 1.165) is 24.3 Å². The highest BCUT2D eigenvalue weighted by Gasteiger charge is 2.47. The maximum absolute atomic E-state index is 14.2. The first-order valence-corrected chi connectivity index (χ1v) is 9.32. The molecule has 0 spiro atoms. The van der Waals surface area contributed by atoms with Gasteiger partial charge in [-0.3, -0.25) is 10.1 Å². The van der Waals surface area contributed by atoms with E-state index < -0.39 is 5.41 Å². The summed E-state index contributed by atoms with van der Waals surface area (Å²) in [6.07, 6.45) is 4.25. The Balaban J connectivity index is 1.80. The van der Waals surface area contributed by atoms with Crippen LogP contribution in [0.25, 0.3) is 0 Å². The van der Waals surface area contributed by atoms with Crippen molar-refractivity contribution in [2.45, 2.75) is 57.3 Å². The summed E-state index contributed by atoms with van der Waals surface area (Å²) in [5.74, 6) is -0.120. The van der Waals surface area contributed by atoms with Gasteiger partial charge in [0.25, 0.3) is 0 Å². The second-order valence-corrected chi connectivity index (χ2v) is 7.34. The second-order valence-electron chi connectivity index (χ2n) is 6.33. The molecule has 1 aromatic carbocycles. The molecule has 0 unspecified atom stereocenters. The smallest absolute Gasteiger partial charge is 0.236 e. The molecule has 1 amide bonds.